The fourth-order valence-electron chi connectivity index (χ4n) is 3.77. The van der Waals surface area contributed by atoms with Gasteiger partial charge >= 0.3 is 0 Å². The average molecular weight is 407 g/mol. The number of rotatable bonds is 3. The minimum absolute atomic E-state index is 0.364. The van der Waals surface area contributed by atoms with Crippen LogP contribution in [0.2, 0.25) is 0 Å². The Labute approximate surface area is 175 Å². The maximum atomic E-state index is 15.6. The van der Waals surface area contributed by atoms with Gasteiger partial charge in [-0.15, -0.1) is 0 Å². The zero-order chi connectivity index (χ0) is 20.8. The standard InChI is InChI=1S/C23H14FN7/c24-19-15(13-3-1-8-25-11-13)5-6-17-18(19)21(31-30-17)23-28-20-16(7-10-27-22(20)29-23)14-4-2-9-26-12-14/h1-12H,(H,30,31)(H,27,28,29). The molecule has 0 bridgehead atoms. The second kappa shape index (κ2) is 6.81. The molecule has 31 heavy (non-hydrogen) atoms. The van der Waals surface area contributed by atoms with Crippen molar-refractivity contribution < 1.29 is 4.39 Å². The van der Waals surface area contributed by atoms with Crippen LogP contribution in [0.1, 0.15) is 0 Å². The Hall–Kier alpha value is -4.46. The van der Waals surface area contributed by atoms with E-state index in [0.717, 1.165) is 16.6 Å². The smallest absolute Gasteiger partial charge is 0.178 e. The van der Waals surface area contributed by atoms with E-state index in [1.807, 2.05) is 24.3 Å². The predicted molar refractivity (Wildman–Crippen MR) is 115 cm³/mol. The van der Waals surface area contributed by atoms with Crippen LogP contribution in [-0.2, 0) is 0 Å². The highest BCUT2D eigenvalue weighted by molar-refractivity contribution is 5.97. The highest BCUT2D eigenvalue weighted by Gasteiger charge is 2.20. The summed E-state index contributed by atoms with van der Waals surface area (Å²) in [7, 11) is 0. The van der Waals surface area contributed by atoms with E-state index < -0.39 is 0 Å². The molecule has 0 atom stereocenters. The van der Waals surface area contributed by atoms with Crippen LogP contribution in [-0.4, -0.2) is 35.1 Å². The second-order valence-corrected chi connectivity index (χ2v) is 7.05. The van der Waals surface area contributed by atoms with E-state index in [2.05, 4.69) is 35.1 Å². The van der Waals surface area contributed by atoms with Crippen LogP contribution in [0.4, 0.5) is 4.39 Å². The fourth-order valence-corrected chi connectivity index (χ4v) is 3.77. The van der Waals surface area contributed by atoms with Gasteiger partial charge in [0.1, 0.15) is 11.5 Å². The maximum Gasteiger partial charge on any atom is 0.178 e. The van der Waals surface area contributed by atoms with Gasteiger partial charge in [0.2, 0.25) is 0 Å². The molecule has 0 spiro atoms. The molecule has 0 saturated carbocycles. The molecule has 0 amide bonds. The Bertz CT molecular complexity index is 1540. The Kier molecular flexibility index (Phi) is 3.82. The number of aromatic nitrogens is 7. The quantitative estimate of drug-likeness (QED) is 0.441. The van der Waals surface area contributed by atoms with Crippen LogP contribution >= 0.6 is 0 Å². The molecular weight excluding hydrogens is 393 g/mol. The molecule has 7 nitrogen and oxygen atoms in total. The Morgan fingerprint density at radius 3 is 2.32 bits per heavy atom. The maximum absolute atomic E-state index is 15.6. The number of aromatic amines is 2. The molecule has 148 valence electrons. The van der Waals surface area contributed by atoms with E-state index in [-0.39, 0.29) is 5.82 Å². The molecule has 6 rings (SSSR count). The van der Waals surface area contributed by atoms with Crippen molar-refractivity contribution in [3.05, 3.63) is 79.3 Å². The topological polar surface area (TPSA) is 96.0 Å². The molecule has 6 aromatic rings. The van der Waals surface area contributed by atoms with E-state index >= 15 is 4.39 Å². The summed E-state index contributed by atoms with van der Waals surface area (Å²) >= 11 is 0. The summed E-state index contributed by atoms with van der Waals surface area (Å²) < 4.78 is 15.6. The van der Waals surface area contributed by atoms with E-state index in [1.54, 1.807) is 49.2 Å². The third-order valence-electron chi connectivity index (χ3n) is 5.23. The molecular formula is C23H14FN7. The molecule has 5 aromatic heterocycles. The van der Waals surface area contributed by atoms with Crippen LogP contribution in [0, 0.1) is 5.82 Å². The third-order valence-corrected chi connectivity index (χ3v) is 5.23. The number of H-pyrrole nitrogens is 2. The number of imidazole rings is 1. The van der Waals surface area contributed by atoms with E-state index in [9.17, 15) is 0 Å². The van der Waals surface area contributed by atoms with Crippen LogP contribution in [0.15, 0.2) is 73.4 Å². The van der Waals surface area contributed by atoms with Crippen molar-refractivity contribution in [2.75, 3.05) is 0 Å². The lowest BCUT2D eigenvalue weighted by molar-refractivity contribution is 0.643. The first-order valence-corrected chi connectivity index (χ1v) is 9.62. The zero-order valence-corrected chi connectivity index (χ0v) is 16.0. The van der Waals surface area contributed by atoms with Gasteiger partial charge in [0.05, 0.1) is 16.4 Å². The number of fused-ring (bicyclic) bond motifs is 2. The van der Waals surface area contributed by atoms with Crippen LogP contribution in [0.5, 0.6) is 0 Å². The lowest BCUT2D eigenvalue weighted by Crippen LogP contribution is -1.89. The summed E-state index contributed by atoms with van der Waals surface area (Å²) in [6, 6.07) is 12.9. The number of nitrogens with zero attached hydrogens (tertiary/aromatic N) is 5. The van der Waals surface area contributed by atoms with Gasteiger partial charge in [0.15, 0.2) is 11.5 Å². The van der Waals surface area contributed by atoms with Crippen molar-refractivity contribution in [1.29, 1.82) is 0 Å². The Morgan fingerprint density at radius 1 is 0.806 bits per heavy atom. The molecule has 5 heterocycles. The first-order chi connectivity index (χ1) is 15.3. The van der Waals surface area contributed by atoms with Gasteiger partial charge in [-0.2, -0.15) is 5.10 Å². The predicted octanol–water partition coefficient (Wildman–Crippen LogP) is 4.76. The normalized spacial score (nSPS) is 11.4. The lowest BCUT2D eigenvalue weighted by atomic mass is 10.0. The minimum Gasteiger partial charge on any atom is -0.335 e. The van der Waals surface area contributed by atoms with Crippen molar-refractivity contribution >= 4 is 22.1 Å². The average Bonchev–Trinajstić information content (AvgIpc) is 3.45. The lowest BCUT2D eigenvalue weighted by Gasteiger charge is -2.04. The minimum atomic E-state index is -0.379. The Morgan fingerprint density at radius 2 is 1.58 bits per heavy atom. The molecule has 1 aromatic carbocycles. The summed E-state index contributed by atoms with van der Waals surface area (Å²) in [4.78, 5) is 20.5. The summed E-state index contributed by atoms with van der Waals surface area (Å²) in [5.41, 5.74) is 5.24. The van der Waals surface area contributed by atoms with Gasteiger partial charge in [-0.3, -0.25) is 15.1 Å². The molecule has 0 saturated heterocycles. The summed E-state index contributed by atoms with van der Waals surface area (Å²) in [5, 5.41) is 7.61. The molecule has 8 heteroatoms. The third kappa shape index (κ3) is 2.77. The van der Waals surface area contributed by atoms with Gasteiger partial charge in [0, 0.05) is 53.2 Å². The number of hydrogen-bond donors (Lipinski definition) is 2. The summed E-state index contributed by atoms with van der Waals surface area (Å²) in [6.07, 6.45) is 8.48. The second-order valence-electron chi connectivity index (χ2n) is 7.05. The summed E-state index contributed by atoms with van der Waals surface area (Å²) in [6.45, 7) is 0. The Balaban J connectivity index is 1.56. The molecule has 0 radical (unpaired) electrons. The number of pyridine rings is 3. The highest BCUT2D eigenvalue weighted by Crippen LogP contribution is 2.34. The number of nitrogens with one attached hydrogen (secondary N) is 2. The molecule has 0 unspecified atom stereocenters. The van der Waals surface area contributed by atoms with Gasteiger partial charge < -0.3 is 4.98 Å². The van der Waals surface area contributed by atoms with E-state index in [0.29, 0.717) is 39.2 Å². The first kappa shape index (κ1) is 17.4. The largest absolute Gasteiger partial charge is 0.335 e. The molecule has 0 aliphatic rings. The van der Waals surface area contributed by atoms with E-state index in [1.165, 1.54) is 0 Å². The van der Waals surface area contributed by atoms with Gasteiger partial charge in [0.25, 0.3) is 0 Å². The van der Waals surface area contributed by atoms with Gasteiger partial charge in [-0.25, -0.2) is 14.4 Å². The van der Waals surface area contributed by atoms with Crippen molar-refractivity contribution in [1.82, 2.24) is 35.1 Å². The molecule has 0 aliphatic heterocycles. The van der Waals surface area contributed by atoms with Gasteiger partial charge in [-0.05, 0) is 30.3 Å². The zero-order valence-electron chi connectivity index (χ0n) is 16.0. The van der Waals surface area contributed by atoms with E-state index in [4.69, 9.17) is 0 Å². The highest BCUT2D eigenvalue weighted by atomic mass is 19.1. The molecule has 0 aliphatic carbocycles. The van der Waals surface area contributed by atoms with Crippen molar-refractivity contribution in [3.8, 4) is 33.8 Å². The number of hydrogen-bond acceptors (Lipinski definition) is 5. The van der Waals surface area contributed by atoms with Crippen molar-refractivity contribution in [3.63, 3.8) is 0 Å². The van der Waals surface area contributed by atoms with Crippen molar-refractivity contribution in [2.45, 2.75) is 0 Å². The number of halogens is 1. The first-order valence-electron chi connectivity index (χ1n) is 9.62. The number of benzene rings is 1. The molecule has 0 fully saturated rings. The SMILES string of the molecule is Fc1c(-c2cccnc2)ccc2[nH]nc(-c3nc4nccc(-c5cccnc5)c4[nH]3)c12. The fraction of sp³-hybridized carbons (Fsp3) is 0. The van der Waals surface area contributed by atoms with Crippen molar-refractivity contribution in [2.24, 2.45) is 0 Å². The van der Waals surface area contributed by atoms with Crippen LogP contribution < -0.4 is 0 Å². The van der Waals surface area contributed by atoms with Crippen LogP contribution in [0.25, 0.3) is 55.8 Å². The summed E-state index contributed by atoms with van der Waals surface area (Å²) in [5.74, 6) is 0.0578. The van der Waals surface area contributed by atoms with Gasteiger partial charge in [-0.1, -0.05) is 12.1 Å². The monoisotopic (exact) mass is 407 g/mol. The molecule has 2 N–H and O–H groups in total. The van der Waals surface area contributed by atoms with Crippen LogP contribution in [0.3, 0.4) is 0 Å².